The van der Waals surface area contributed by atoms with Gasteiger partial charge in [-0.3, -0.25) is 4.98 Å². The van der Waals surface area contributed by atoms with E-state index < -0.39 is 25.4 Å². The lowest BCUT2D eigenvalue weighted by atomic mass is 10.0. The van der Waals surface area contributed by atoms with Gasteiger partial charge < -0.3 is 26.0 Å². The molecule has 0 bridgehead atoms. The van der Waals surface area contributed by atoms with E-state index in [-0.39, 0.29) is 0 Å². The molecule has 0 aliphatic heterocycles. The summed E-state index contributed by atoms with van der Waals surface area (Å²) in [6.07, 6.45) is 2.97. The van der Waals surface area contributed by atoms with Crippen LogP contribution in [0.1, 0.15) is 0 Å². The summed E-state index contributed by atoms with van der Waals surface area (Å²) in [6.45, 7) is -1.23. The van der Waals surface area contributed by atoms with Crippen molar-refractivity contribution >= 4 is 11.6 Å². The largest absolute Gasteiger partial charge is 0.394 e. The molecule has 0 amide bonds. The Kier molecular flexibility index (Phi) is 4.41. The fraction of sp³-hybridized carbons (Fsp3) is 0.556. The third kappa shape index (κ3) is 2.78. The van der Waals surface area contributed by atoms with E-state index in [2.05, 4.69) is 20.6 Å². The molecule has 90 valence electrons. The molecular formula is C9H16N4O3. The van der Waals surface area contributed by atoms with Gasteiger partial charge in [-0.05, 0) is 0 Å². The molecule has 0 unspecified atom stereocenters. The lowest BCUT2D eigenvalue weighted by molar-refractivity contribution is 0.0831. The van der Waals surface area contributed by atoms with E-state index in [1.165, 1.54) is 12.4 Å². The Hall–Kier alpha value is -1.44. The van der Waals surface area contributed by atoms with Gasteiger partial charge in [-0.15, -0.1) is 0 Å². The third-order valence-corrected chi connectivity index (χ3v) is 2.19. The number of aliphatic hydroxyl groups excluding tert-OH is 3. The summed E-state index contributed by atoms with van der Waals surface area (Å²) in [4.78, 5) is 8.01. The first-order chi connectivity index (χ1) is 7.69. The summed E-state index contributed by atoms with van der Waals surface area (Å²) in [5.41, 5.74) is -1.19. The van der Waals surface area contributed by atoms with E-state index in [0.29, 0.717) is 11.6 Å². The molecule has 0 radical (unpaired) electrons. The molecule has 0 spiro atoms. The minimum absolute atomic E-state index is 0.365. The summed E-state index contributed by atoms with van der Waals surface area (Å²) >= 11 is 0. The number of anilines is 2. The normalized spacial score (nSPS) is 11.2. The molecule has 0 atom stereocenters. The fourth-order valence-electron chi connectivity index (χ4n) is 1.09. The molecule has 1 heterocycles. The van der Waals surface area contributed by atoms with Crippen molar-refractivity contribution in [2.24, 2.45) is 0 Å². The van der Waals surface area contributed by atoms with Crippen LogP contribution in [0.25, 0.3) is 0 Å². The number of aliphatic hydroxyl groups is 3. The average Bonchev–Trinajstić information content (AvgIpc) is 2.36. The van der Waals surface area contributed by atoms with E-state index in [9.17, 15) is 0 Å². The highest BCUT2D eigenvalue weighted by atomic mass is 16.3. The van der Waals surface area contributed by atoms with Crippen LogP contribution in [0.2, 0.25) is 0 Å². The monoisotopic (exact) mass is 228 g/mol. The number of aromatic nitrogens is 2. The van der Waals surface area contributed by atoms with Gasteiger partial charge in [0.2, 0.25) is 0 Å². The molecule has 0 aromatic carbocycles. The minimum atomic E-state index is -1.19. The smallest absolute Gasteiger partial charge is 0.147 e. The van der Waals surface area contributed by atoms with Crippen LogP contribution in [0.15, 0.2) is 12.4 Å². The van der Waals surface area contributed by atoms with Gasteiger partial charge in [0.25, 0.3) is 0 Å². The van der Waals surface area contributed by atoms with Crippen LogP contribution in [0, 0.1) is 0 Å². The quantitative estimate of drug-likeness (QED) is 0.409. The van der Waals surface area contributed by atoms with E-state index in [1.54, 1.807) is 7.05 Å². The molecule has 5 N–H and O–H groups in total. The van der Waals surface area contributed by atoms with Gasteiger partial charge >= 0.3 is 0 Å². The third-order valence-electron chi connectivity index (χ3n) is 2.19. The molecule has 0 saturated carbocycles. The Labute approximate surface area is 93.2 Å². The standard InChI is InChI=1S/C9H16N4O3/c1-10-7-2-11-3-8(12-7)13-9(4-14,5-15)6-16/h2-3,14-16H,4-6H2,1H3,(H2,10,12,13). The second-order valence-electron chi connectivity index (χ2n) is 3.42. The van der Waals surface area contributed by atoms with Gasteiger partial charge in [0.15, 0.2) is 0 Å². The zero-order valence-corrected chi connectivity index (χ0v) is 9.01. The Morgan fingerprint density at radius 1 is 1.12 bits per heavy atom. The molecule has 1 rings (SSSR count). The predicted molar refractivity (Wildman–Crippen MR) is 59.2 cm³/mol. The van der Waals surface area contributed by atoms with Crippen LogP contribution in [0.4, 0.5) is 11.6 Å². The highest BCUT2D eigenvalue weighted by Crippen LogP contribution is 2.13. The van der Waals surface area contributed by atoms with Crippen molar-refractivity contribution in [1.29, 1.82) is 0 Å². The number of nitrogens with one attached hydrogen (secondary N) is 2. The summed E-state index contributed by atoms with van der Waals surface area (Å²) in [6, 6.07) is 0. The van der Waals surface area contributed by atoms with Crippen LogP contribution < -0.4 is 10.6 Å². The summed E-state index contributed by atoms with van der Waals surface area (Å²) < 4.78 is 0. The Morgan fingerprint density at radius 3 is 2.19 bits per heavy atom. The second kappa shape index (κ2) is 5.59. The van der Waals surface area contributed by atoms with Gasteiger partial charge in [0.05, 0.1) is 32.2 Å². The van der Waals surface area contributed by atoms with E-state index in [0.717, 1.165) is 0 Å². The highest BCUT2D eigenvalue weighted by molar-refractivity contribution is 5.43. The van der Waals surface area contributed by atoms with Crippen LogP contribution in [0.3, 0.4) is 0 Å². The summed E-state index contributed by atoms with van der Waals surface area (Å²) in [5.74, 6) is 0.914. The zero-order chi connectivity index (χ0) is 12.0. The van der Waals surface area contributed by atoms with Gasteiger partial charge in [-0.25, -0.2) is 4.98 Å². The molecule has 7 nitrogen and oxygen atoms in total. The number of rotatable bonds is 6. The Bertz CT molecular complexity index is 322. The molecular weight excluding hydrogens is 212 g/mol. The second-order valence-corrected chi connectivity index (χ2v) is 3.42. The molecule has 0 aliphatic carbocycles. The minimum Gasteiger partial charge on any atom is -0.394 e. The Morgan fingerprint density at radius 2 is 1.69 bits per heavy atom. The van der Waals surface area contributed by atoms with Crippen molar-refractivity contribution in [1.82, 2.24) is 9.97 Å². The van der Waals surface area contributed by atoms with E-state index in [4.69, 9.17) is 15.3 Å². The van der Waals surface area contributed by atoms with Crippen molar-refractivity contribution < 1.29 is 15.3 Å². The Balaban J connectivity index is 2.84. The topological polar surface area (TPSA) is 111 Å². The summed E-state index contributed by atoms with van der Waals surface area (Å²) in [7, 11) is 1.70. The van der Waals surface area contributed by atoms with Crippen molar-refractivity contribution in [3.05, 3.63) is 12.4 Å². The predicted octanol–water partition coefficient (Wildman–Crippen LogP) is -1.35. The van der Waals surface area contributed by atoms with E-state index >= 15 is 0 Å². The van der Waals surface area contributed by atoms with Gasteiger partial charge in [0, 0.05) is 7.05 Å². The van der Waals surface area contributed by atoms with Crippen LogP contribution >= 0.6 is 0 Å². The maximum atomic E-state index is 9.12. The first-order valence-corrected chi connectivity index (χ1v) is 4.80. The maximum absolute atomic E-state index is 9.12. The molecule has 0 saturated heterocycles. The lowest BCUT2D eigenvalue weighted by Gasteiger charge is -2.29. The number of hydrogen-bond donors (Lipinski definition) is 5. The average molecular weight is 228 g/mol. The van der Waals surface area contributed by atoms with Crippen LogP contribution in [0.5, 0.6) is 0 Å². The highest BCUT2D eigenvalue weighted by Gasteiger charge is 2.28. The first-order valence-electron chi connectivity index (χ1n) is 4.80. The van der Waals surface area contributed by atoms with Crippen LogP contribution in [-0.2, 0) is 0 Å². The van der Waals surface area contributed by atoms with Crippen molar-refractivity contribution in [3.63, 3.8) is 0 Å². The van der Waals surface area contributed by atoms with E-state index in [1.807, 2.05) is 0 Å². The fourth-order valence-corrected chi connectivity index (χ4v) is 1.09. The number of nitrogens with zero attached hydrogens (tertiary/aromatic N) is 2. The van der Waals surface area contributed by atoms with Crippen molar-refractivity contribution in [3.8, 4) is 0 Å². The molecule has 1 aromatic rings. The first kappa shape index (κ1) is 12.6. The molecule has 16 heavy (non-hydrogen) atoms. The molecule has 1 aromatic heterocycles. The van der Waals surface area contributed by atoms with Gasteiger partial charge in [-0.2, -0.15) is 0 Å². The maximum Gasteiger partial charge on any atom is 0.147 e. The van der Waals surface area contributed by atoms with Gasteiger partial charge in [-0.1, -0.05) is 0 Å². The lowest BCUT2D eigenvalue weighted by Crippen LogP contribution is -2.49. The van der Waals surface area contributed by atoms with Crippen LogP contribution in [-0.4, -0.2) is 57.7 Å². The molecule has 7 heteroatoms. The van der Waals surface area contributed by atoms with Gasteiger partial charge in [0.1, 0.15) is 17.2 Å². The SMILES string of the molecule is CNc1cncc(NC(CO)(CO)CO)n1. The molecule has 0 fully saturated rings. The zero-order valence-electron chi connectivity index (χ0n) is 9.01. The molecule has 0 aliphatic rings. The number of hydrogen-bond acceptors (Lipinski definition) is 7. The van der Waals surface area contributed by atoms with Crippen molar-refractivity contribution in [2.45, 2.75) is 5.54 Å². The summed E-state index contributed by atoms with van der Waals surface area (Å²) in [5, 5.41) is 32.9. The van der Waals surface area contributed by atoms with Crippen molar-refractivity contribution in [2.75, 3.05) is 37.5 Å².